The van der Waals surface area contributed by atoms with E-state index in [1.165, 1.54) is 12.3 Å². The molecule has 0 aromatic heterocycles. The van der Waals surface area contributed by atoms with Gasteiger partial charge in [0.15, 0.2) is 11.5 Å². The van der Waals surface area contributed by atoms with Crippen LogP contribution in [-0.2, 0) is 0 Å². The number of rotatable bonds is 3. The predicted molar refractivity (Wildman–Crippen MR) is 76.9 cm³/mol. The second-order valence-corrected chi connectivity index (χ2v) is 4.40. The molecule has 0 aliphatic carbocycles. The zero-order chi connectivity index (χ0) is 13.8. The van der Waals surface area contributed by atoms with Crippen molar-refractivity contribution < 1.29 is 10.2 Å². The van der Waals surface area contributed by atoms with Gasteiger partial charge in [-0.05, 0) is 43.2 Å². The summed E-state index contributed by atoms with van der Waals surface area (Å²) >= 11 is 0. The largest absolute Gasteiger partial charge is 0.504 e. The Bertz CT molecular complexity index is 622. The van der Waals surface area contributed by atoms with E-state index in [2.05, 4.69) is 10.5 Å². The fourth-order valence-electron chi connectivity index (χ4n) is 1.68. The summed E-state index contributed by atoms with van der Waals surface area (Å²) < 4.78 is 0. The van der Waals surface area contributed by atoms with Gasteiger partial charge in [0.2, 0.25) is 0 Å². The number of aromatic hydroxyl groups is 2. The molecule has 0 saturated carbocycles. The molecule has 2 aromatic carbocycles. The molecule has 0 fully saturated rings. The standard InChI is InChI=1S/C15H16N2O2/c1-10-6-7-11(2)13(8-10)17-16-9-12-4-3-5-14(18)15(12)19/h3-9,17-19H,1-2H3. The van der Waals surface area contributed by atoms with Crippen LogP contribution in [0.4, 0.5) is 5.69 Å². The maximum absolute atomic E-state index is 9.62. The van der Waals surface area contributed by atoms with Gasteiger partial charge in [0.25, 0.3) is 0 Å². The Morgan fingerprint density at radius 2 is 1.89 bits per heavy atom. The first-order chi connectivity index (χ1) is 9.08. The van der Waals surface area contributed by atoms with E-state index in [4.69, 9.17) is 0 Å². The zero-order valence-corrected chi connectivity index (χ0v) is 10.9. The van der Waals surface area contributed by atoms with E-state index in [1.54, 1.807) is 12.1 Å². The summed E-state index contributed by atoms with van der Waals surface area (Å²) in [6.45, 7) is 4.00. The van der Waals surface area contributed by atoms with E-state index < -0.39 is 0 Å². The highest BCUT2D eigenvalue weighted by Gasteiger charge is 2.02. The van der Waals surface area contributed by atoms with Crippen molar-refractivity contribution in [2.24, 2.45) is 5.10 Å². The molecule has 19 heavy (non-hydrogen) atoms. The number of para-hydroxylation sites is 1. The van der Waals surface area contributed by atoms with Crippen LogP contribution in [0.2, 0.25) is 0 Å². The Morgan fingerprint density at radius 1 is 1.11 bits per heavy atom. The number of aryl methyl sites for hydroxylation is 2. The Morgan fingerprint density at radius 3 is 2.68 bits per heavy atom. The number of hydrogen-bond acceptors (Lipinski definition) is 4. The summed E-state index contributed by atoms with van der Waals surface area (Å²) in [5.74, 6) is -0.329. The highest BCUT2D eigenvalue weighted by molar-refractivity contribution is 5.85. The zero-order valence-electron chi connectivity index (χ0n) is 10.9. The maximum Gasteiger partial charge on any atom is 0.166 e. The predicted octanol–water partition coefficient (Wildman–Crippen LogP) is 3.16. The van der Waals surface area contributed by atoms with Crippen molar-refractivity contribution in [3.63, 3.8) is 0 Å². The second-order valence-electron chi connectivity index (χ2n) is 4.40. The SMILES string of the molecule is Cc1ccc(C)c(NN=Cc2cccc(O)c2O)c1. The van der Waals surface area contributed by atoms with Gasteiger partial charge in [-0.15, -0.1) is 0 Å². The van der Waals surface area contributed by atoms with E-state index in [0.29, 0.717) is 5.56 Å². The van der Waals surface area contributed by atoms with Crippen molar-refractivity contribution in [3.8, 4) is 11.5 Å². The van der Waals surface area contributed by atoms with E-state index >= 15 is 0 Å². The lowest BCUT2D eigenvalue weighted by atomic mass is 10.1. The summed E-state index contributed by atoms with van der Waals surface area (Å²) in [5, 5.41) is 23.1. The molecular formula is C15H16N2O2. The third kappa shape index (κ3) is 3.04. The van der Waals surface area contributed by atoms with Gasteiger partial charge >= 0.3 is 0 Å². The smallest absolute Gasteiger partial charge is 0.166 e. The summed E-state index contributed by atoms with van der Waals surface area (Å²) in [4.78, 5) is 0. The maximum atomic E-state index is 9.62. The van der Waals surface area contributed by atoms with Crippen LogP contribution in [0, 0.1) is 13.8 Å². The van der Waals surface area contributed by atoms with E-state index in [0.717, 1.165) is 16.8 Å². The summed E-state index contributed by atoms with van der Waals surface area (Å²) in [6.07, 6.45) is 1.47. The van der Waals surface area contributed by atoms with Crippen LogP contribution in [0.3, 0.4) is 0 Å². The van der Waals surface area contributed by atoms with Gasteiger partial charge in [-0.3, -0.25) is 5.43 Å². The highest BCUT2D eigenvalue weighted by atomic mass is 16.3. The number of hydrogen-bond donors (Lipinski definition) is 3. The molecule has 2 rings (SSSR count). The van der Waals surface area contributed by atoms with Crippen LogP contribution in [0.15, 0.2) is 41.5 Å². The molecule has 0 aliphatic rings. The number of phenols is 2. The molecule has 0 bridgehead atoms. The molecule has 2 aromatic rings. The topological polar surface area (TPSA) is 64.9 Å². The minimum atomic E-state index is -0.172. The number of hydrazone groups is 1. The van der Waals surface area contributed by atoms with Crippen LogP contribution in [-0.4, -0.2) is 16.4 Å². The molecule has 4 nitrogen and oxygen atoms in total. The lowest BCUT2D eigenvalue weighted by Gasteiger charge is -2.06. The summed E-state index contributed by atoms with van der Waals surface area (Å²) in [5.41, 5.74) is 6.52. The summed E-state index contributed by atoms with van der Waals surface area (Å²) in [7, 11) is 0. The van der Waals surface area contributed by atoms with Crippen molar-refractivity contribution in [3.05, 3.63) is 53.1 Å². The molecular weight excluding hydrogens is 240 g/mol. The molecule has 0 atom stereocenters. The van der Waals surface area contributed by atoms with Gasteiger partial charge in [0.1, 0.15) is 0 Å². The van der Waals surface area contributed by atoms with E-state index in [-0.39, 0.29) is 11.5 Å². The van der Waals surface area contributed by atoms with Crippen molar-refractivity contribution >= 4 is 11.9 Å². The molecule has 0 unspecified atom stereocenters. The third-order valence-electron chi connectivity index (χ3n) is 2.83. The Labute approximate surface area is 112 Å². The minimum Gasteiger partial charge on any atom is -0.504 e. The molecule has 0 saturated heterocycles. The summed E-state index contributed by atoms with van der Waals surface area (Å²) in [6, 6.07) is 10.8. The number of nitrogens with one attached hydrogen (secondary N) is 1. The molecule has 0 heterocycles. The first kappa shape index (κ1) is 13.0. The highest BCUT2D eigenvalue weighted by Crippen LogP contribution is 2.26. The van der Waals surface area contributed by atoms with Crippen LogP contribution in [0.5, 0.6) is 11.5 Å². The number of anilines is 1. The first-order valence-electron chi connectivity index (χ1n) is 5.95. The van der Waals surface area contributed by atoms with Crippen LogP contribution in [0.1, 0.15) is 16.7 Å². The Hall–Kier alpha value is -2.49. The molecule has 3 N–H and O–H groups in total. The molecule has 0 radical (unpaired) electrons. The fourth-order valence-corrected chi connectivity index (χ4v) is 1.68. The van der Waals surface area contributed by atoms with Gasteiger partial charge in [0, 0.05) is 5.56 Å². The van der Waals surface area contributed by atoms with Crippen LogP contribution in [0.25, 0.3) is 0 Å². The van der Waals surface area contributed by atoms with Gasteiger partial charge in [-0.25, -0.2) is 0 Å². The third-order valence-corrected chi connectivity index (χ3v) is 2.83. The monoisotopic (exact) mass is 256 g/mol. The molecule has 0 amide bonds. The molecule has 0 spiro atoms. The van der Waals surface area contributed by atoms with Crippen LogP contribution < -0.4 is 5.43 Å². The molecule has 98 valence electrons. The van der Waals surface area contributed by atoms with Gasteiger partial charge in [-0.2, -0.15) is 5.10 Å². The van der Waals surface area contributed by atoms with Crippen molar-refractivity contribution in [1.82, 2.24) is 0 Å². The van der Waals surface area contributed by atoms with Crippen molar-refractivity contribution in [2.75, 3.05) is 5.43 Å². The van der Waals surface area contributed by atoms with E-state index in [9.17, 15) is 10.2 Å². The van der Waals surface area contributed by atoms with Crippen LogP contribution >= 0.6 is 0 Å². The quantitative estimate of drug-likeness (QED) is 0.449. The minimum absolute atomic E-state index is 0.157. The number of phenolic OH excluding ortho intramolecular Hbond substituents is 2. The van der Waals surface area contributed by atoms with E-state index in [1.807, 2.05) is 32.0 Å². The fraction of sp³-hybridized carbons (Fsp3) is 0.133. The number of nitrogens with zero attached hydrogens (tertiary/aromatic N) is 1. The molecule has 0 aliphatic heterocycles. The molecule has 4 heteroatoms. The lowest BCUT2D eigenvalue weighted by molar-refractivity contribution is 0.403. The van der Waals surface area contributed by atoms with Crippen molar-refractivity contribution in [2.45, 2.75) is 13.8 Å². The van der Waals surface area contributed by atoms with Gasteiger partial charge in [-0.1, -0.05) is 18.2 Å². The van der Waals surface area contributed by atoms with Crippen molar-refractivity contribution in [1.29, 1.82) is 0 Å². The lowest BCUT2D eigenvalue weighted by Crippen LogP contribution is -1.94. The average molecular weight is 256 g/mol. The number of benzene rings is 2. The normalized spacial score (nSPS) is 10.8. The average Bonchev–Trinajstić information content (AvgIpc) is 2.38. The Balaban J connectivity index is 2.16. The van der Waals surface area contributed by atoms with Gasteiger partial charge < -0.3 is 10.2 Å². The second kappa shape index (κ2) is 5.44. The first-order valence-corrected chi connectivity index (χ1v) is 5.95. The Kier molecular flexibility index (Phi) is 3.71. The van der Waals surface area contributed by atoms with Gasteiger partial charge in [0.05, 0.1) is 11.9 Å².